The minimum atomic E-state index is -0.269. The van der Waals surface area contributed by atoms with Gasteiger partial charge in [-0.2, -0.15) is 0 Å². The number of amides is 1. The van der Waals surface area contributed by atoms with Crippen LogP contribution in [-0.4, -0.2) is 20.4 Å². The van der Waals surface area contributed by atoms with E-state index in [9.17, 15) is 4.79 Å². The maximum Gasteiger partial charge on any atom is 0.275 e. The van der Waals surface area contributed by atoms with Crippen molar-refractivity contribution in [1.82, 2.24) is 14.5 Å². The van der Waals surface area contributed by atoms with Crippen LogP contribution in [0.5, 0.6) is 0 Å². The molecule has 2 aromatic rings. The van der Waals surface area contributed by atoms with Gasteiger partial charge in [0.25, 0.3) is 5.91 Å². The van der Waals surface area contributed by atoms with Crippen molar-refractivity contribution in [2.45, 2.75) is 0 Å². The molecular formula is C10H9ClN4O. The number of rotatable bonds is 2. The van der Waals surface area contributed by atoms with Gasteiger partial charge in [0.15, 0.2) is 0 Å². The Morgan fingerprint density at radius 1 is 1.50 bits per heavy atom. The van der Waals surface area contributed by atoms with Gasteiger partial charge in [0, 0.05) is 7.05 Å². The van der Waals surface area contributed by atoms with E-state index < -0.39 is 0 Å². The van der Waals surface area contributed by atoms with Gasteiger partial charge in [-0.15, -0.1) is 0 Å². The lowest BCUT2D eigenvalue weighted by atomic mass is 10.4. The molecule has 6 heteroatoms. The molecule has 0 aliphatic rings. The van der Waals surface area contributed by atoms with Crippen molar-refractivity contribution in [2.75, 3.05) is 5.32 Å². The number of nitrogens with one attached hydrogen (secondary N) is 1. The number of halogens is 1. The van der Waals surface area contributed by atoms with Crippen LogP contribution in [0.4, 0.5) is 5.82 Å². The van der Waals surface area contributed by atoms with Gasteiger partial charge in [0.2, 0.25) is 0 Å². The number of aryl methyl sites for hydroxylation is 1. The van der Waals surface area contributed by atoms with E-state index in [0.29, 0.717) is 16.7 Å². The third-order valence-corrected chi connectivity index (χ3v) is 2.22. The molecule has 16 heavy (non-hydrogen) atoms. The van der Waals surface area contributed by atoms with E-state index in [1.165, 1.54) is 6.20 Å². The molecule has 0 unspecified atom stereocenters. The maximum atomic E-state index is 11.8. The number of carbonyl (C=O) groups is 1. The van der Waals surface area contributed by atoms with E-state index in [1.54, 1.807) is 36.1 Å². The highest BCUT2D eigenvalue weighted by molar-refractivity contribution is 6.29. The summed E-state index contributed by atoms with van der Waals surface area (Å²) in [4.78, 5) is 19.6. The summed E-state index contributed by atoms with van der Waals surface area (Å²) in [5.74, 6) is 0.147. The van der Waals surface area contributed by atoms with Gasteiger partial charge in [-0.25, -0.2) is 9.97 Å². The molecule has 0 saturated carbocycles. The van der Waals surface area contributed by atoms with Crippen LogP contribution in [0.1, 0.15) is 10.5 Å². The van der Waals surface area contributed by atoms with E-state index in [2.05, 4.69) is 15.3 Å². The molecule has 2 aromatic heterocycles. The second kappa shape index (κ2) is 4.32. The summed E-state index contributed by atoms with van der Waals surface area (Å²) in [6.07, 6.45) is 3.04. The third-order valence-electron chi connectivity index (χ3n) is 2.01. The van der Waals surface area contributed by atoms with Gasteiger partial charge in [0.1, 0.15) is 16.7 Å². The van der Waals surface area contributed by atoms with Crippen molar-refractivity contribution >= 4 is 23.3 Å². The van der Waals surface area contributed by atoms with E-state index in [4.69, 9.17) is 11.6 Å². The number of nitrogens with zero attached hydrogens (tertiary/aromatic N) is 3. The summed E-state index contributed by atoms with van der Waals surface area (Å²) in [6.45, 7) is 0. The fourth-order valence-corrected chi connectivity index (χ4v) is 1.40. The minimum Gasteiger partial charge on any atom is -0.330 e. The van der Waals surface area contributed by atoms with E-state index >= 15 is 0 Å². The Balaban J connectivity index is 2.17. The molecule has 5 nitrogen and oxygen atoms in total. The van der Waals surface area contributed by atoms with E-state index in [0.717, 1.165) is 0 Å². The second-order valence-corrected chi connectivity index (χ2v) is 3.58. The molecule has 0 bridgehead atoms. The molecule has 0 spiro atoms. The quantitative estimate of drug-likeness (QED) is 0.808. The van der Waals surface area contributed by atoms with Crippen LogP contribution in [0.15, 0.2) is 30.7 Å². The van der Waals surface area contributed by atoms with Crippen LogP contribution >= 0.6 is 11.6 Å². The Hall–Kier alpha value is -1.88. The molecule has 0 aromatic carbocycles. The first-order valence-electron chi connectivity index (χ1n) is 4.57. The van der Waals surface area contributed by atoms with Crippen molar-refractivity contribution in [1.29, 1.82) is 0 Å². The molecule has 0 aliphatic heterocycles. The van der Waals surface area contributed by atoms with Crippen molar-refractivity contribution < 1.29 is 4.79 Å². The van der Waals surface area contributed by atoms with Crippen molar-refractivity contribution in [2.24, 2.45) is 7.05 Å². The van der Waals surface area contributed by atoms with Crippen LogP contribution in [0.3, 0.4) is 0 Å². The molecule has 0 aliphatic carbocycles. The van der Waals surface area contributed by atoms with Gasteiger partial charge in [-0.3, -0.25) is 4.79 Å². The molecule has 2 rings (SSSR count). The smallest absolute Gasteiger partial charge is 0.275 e. The predicted octanol–water partition coefficient (Wildman–Crippen LogP) is 1.72. The SMILES string of the molecule is Cn1cncc1C(=O)Nc1cccc(Cl)n1. The van der Waals surface area contributed by atoms with Crippen LogP contribution in [-0.2, 0) is 7.05 Å². The highest BCUT2D eigenvalue weighted by atomic mass is 35.5. The zero-order valence-electron chi connectivity index (χ0n) is 8.51. The Labute approximate surface area is 97.1 Å². The molecule has 0 atom stereocenters. The summed E-state index contributed by atoms with van der Waals surface area (Å²) in [5, 5.41) is 2.97. The Morgan fingerprint density at radius 2 is 2.31 bits per heavy atom. The topological polar surface area (TPSA) is 59.8 Å². The molecule has 0 fully saturated rings. The summed E-state index contributed by atoms with van der Waals surface area (Å²) in [6, 6.07) is 5.02. The van der Waals surface area contributed by atoms with Crippen molar-refractivity contribution in [3.05, 3.63) is 41.6 Å². The van der Waals surface area contributed by atoms with Gasteiger partial charge < -0.3 is 9.88 Å². The summed E-state index contributed by atoms with van der Waals surface area (Å²) >= 11 is 5.70. The first-order chi connectivity index (χ1) is 7.66. The molecule has 1 N–H and O–H groups in total. The summed E-state index contributed by atoms with van der Waals surface area (Å²) < 4.78 is 1.62. The standard InChI is InChI=1S/C10H9ClN4O/c1-15-6-12-5-7(15)10(16)14-9-4-2-3-8(11)13-9/h2-6H,1H3,(H,13,14,16). The molecular weight excluding hydrogens is 228 g/mol. The highest BCUT2D eigenvalue weighted by Crippen LogP contribution is 2.10. The number of anilines is 1. The lowest BCUT2D eigenvalue weighted by Crippen LogP contribution is -2.16. The number of imidazole rings is 1. The molecule has 2 heterocycles. The molecule has 1 amide bonds. The fraction of sp³-hybridized carbons (Fsp3) is 0.100. The van der Waals surface area contributed by atoms with E-state index in [-0.39, 0.29) is 5.91 Å². The average Bonchev–Trinajstić information content (AvgIpc) is 2.64. The van der Waals surface area contributed by atoms with Crippen molar-refractivity contribution in [3.8, 4) is 0 Å². The summed E-state index contributed by atoms with van der Waals surface area (Å²) in [5.41, 5.74) is 0.460. The monoisotopic (exact) mass is 236 g/mol. The molecule has 0 saturated heterocycles. The number of hydrogen-bond acceptors (Lipinski definition) is 3. The predicted molar refractivity (Wildman–Crippen MR) is 60.4 cm³/mol. The number of carbonyl (C=O) groups excluding carboxylic acids is 1. The number of aromatic nitrogens is 3. The zero-order valence-corrected chi connectivity index (χ0v) is 9.27. The second-order valence-electron chi connectivity index (χ2n) is 3.19. The lowest BCUT2D eigenvalue weighted by molar-refractivity contribution is 0.101. The largest absolute Gasteiger partial charge is 0.330 e. The van der Waals surface area contributed by atoms with Crippen molar-refractivity contribution in [3.63, 3.8) is 0 Å². The normalized spacial score (nSPS) is 10.1. The molecule has 82 valence electrons. The van der Waals surface area contributed by atoms with Gasteiger partial charge in [-0.1, -0.05) is 17.7 Å². The van der Waals surface area contributed by atoms with Gasteiger partial charge in [0.05, 0.1) is 12.5 Å². The Bertz CT molecular complexity index is 523. The van der Waals surface area contributed by atoms with Crippen LogP contribution in [0.25, 0.3) is 0 Å². The maximum absolute atomic E-state index is 11.8. The first-order valence-corrected chi connectivity index (χ1v) is 4.95. The Kier molecular flexibility index (Phi) is 2.87. The average molecular weight is 237 g/mol. The van der Waals surface area contributed by atoms with Crippen LogP contribution in [0.2, 0.25) is 5.15 Å². The minimum absolute atomic E-state index is 0.269. The third kappa shape index (κ3) is 2.20. The van der Waals surface area contributed by atoms with Gasteiger partial charge in [-0.05, 0) is 12.1 Å². The van der Waals surface area contributed by atoms with E-state index in [1.807, 2.05) is 0 Å². The lowest BCUT2D eigenvalue weighted by Gasteiger charge is -2.04. The van der Waals surface area contributed by atoms with Gasteiger partial charge >= 0.3 is 0 Å². The van der Waals surface area contributed by atoms with Crippen LogP contribution in [0, 0.1) is 0 Å². The zero-order chi connectivity index (χ0) is 11.5. The molecule has 0 radical (unpaired) electrons. The first kappa shape index (κ1) is 10.6. The highest BCUT2D eigenvalue weighted by Gasteiger charge is 2.10. The van der Waals surface area contributed by atoms with Crippen LogP contribution < -0.4 is 5.32 Å². The Morgan fingerprint density at radius 3 is 2.94 bits per heavy atom. The fourth-order valence-electron chi connectivity index (χ4n) is 1.23. The number of pyridine rings is 1. The summed E-state index contributed by atoms with van der Waals surface area (Å²) in [7, 11) is 1.74. The number of hydrogen-bond donors (Lipinski definition) is 1.